The van der Waals surface area contributed by atoms with E-state index in [1.807, 2.05) is 56.6 Å². The number of carbonyl (C=O) groups excluding carboxylic acids is 1. The molecule has 0 bridgehead atoms. The molecule has 24 heavy (non-hydrogen) atoms. The average molecular weight is 323 g/mol. The Labute approximate surface area is 141 Å². The average Bonchev–Trinajstić information content (AvgIpc) is 2.99. The second-order valence-corrected chi connectivity index (χ2v) is 6.00. The molecule has 5 nitrogen and oxygen atoms in total. The molecule has 3 aromatic rings. The molecule has 1 atom stereocenters. The Hall–Kier alpha value is -2.66. The van der Waals surface area contributed by atoms with E-state index in [9.17, 15) is 4.79 Å². The molecule has 1 amide bonds. The molecule has 0 saturated carbocycles. The third-order valence-corrected chi connectivity index (χ3v) is 4.08. The maximum atomic E-state index is 12.3. The van der Waals surface area contributed by atoms with Crippen molar-refractivity contribution in [2.75, 3.05) is 20.6 Å². The summed E-state index contributed by atoms with van der Waals surface area (Å²) in [7, 11) is 4.02. The number of benzene rings is 2. The lowest BCUT2D eigenvalue weighted by atomic mass is 10.1. The number of aromatic nitrogens is 1. The number of nitrogens with zero attached hydrogens (tertiary/aromatic N) is 2. The minimum absolute atomic E-state index is 0.0585. The van der Waals surface area contributed by atoms with Crippen molar-refractivity contribution in [3.8, 4) is 0 Å². The van der Waals surface area contributed by atoms with Crippen LogP contribution in [0.3, 0.4) is 0 Å². The molecule has 0 saturated heterocycles. The summed E-state index contributed by atoms with van der Waals surface area (Å²) in [4.78, 5) is 14.4. The minimum atomic E-state index is -0.0585. The van der Waals surface area contributed by atoms with Gasteiger partial charge in [0, 0.05) is 11.9 Å². The second kappa shape index (κ2) is 7.27. The maximum Gasteiger partial charge on any atom is 0.226 e. The van der Waals surface area contributed by atoms with Crippen LogP contribution in [0.1, 0.15) is 17.3 Å². The molecule has 1 heterocycles. The van der Waals surface area contributed by atoms with E-state index >= 15 is 0 Å². The molecule has 5 heteroatoms. The second-order valence-electron chi connectivity index (χ2n) is 6.00. The molecule has 0 radical (unpaired) electrons. The largest absolute Gasteiger partial charge is 0.356 e. The molecule has 0 aliphatic heterocycles. The molecule has 0 aliphatic carbocycles. The molecule has 1 unspecified atom stereocenters. The standard InChI is InChI=1S/C19H21N3O2/c1-22(2)17(14-8-4-3-5-9-14)13-20-19(23)12-16-15-10-6-7-11-18(15)24-21-16/h3-11,17H,12-13H2,1-2H3,(H,20,23). The normalized spacial score (nSPS) is 12.5. The highest BCUT2D eigenvalue weighted by Crippen LogP contribution is 2.19. The van der Waals surface area contributed by atoms with E-state index in [0.29, 0.717) is 17.8 Å². The molecular weight excluding hydrogens is 302 g/mol. The van der Waals surface area contributed by atoms with Gasteiger partial charge in [0.2, 0.25) is 5.91 Å². The van der Waals surface area contributed by atoms with Crippen molar-refractivity contribution in [3.63, 3.8) is 0 Å². The quantitative estimate of drug-likeness (QED) is 0.758. The number of amides is 1. The third kappa shape index (κ3) is 3.63. The van der Waals surface area contributed by atoms with Gasteiger partial charge in [-0.25, -0.2) is 0 Å². The first-order chi connectivity index (χ1) is 11.6. The summed E-state index contributed by atoms with van der Waals surface area (Å²) in [5.41, 5.74) is 2.55. The third-order valence-electron chi connectivity index (χ3n) is 4.08. The Kier molecular flexibility index (Phi) is 4.91. The van der Waals surface area contributed by atoms with Gasteiger partial charge in [-0.15, -0.1) is 0 Å². The van der Waals surface area contributed by atoms with E-state index in [0.717, 1.165) is 5.39 Å². The molecule has 2 aromatic carbocycles. The number of nitrogens with one attached hydrogen (secondary N) is 1. The summed E-state index contributed by atoms with van der Waals surface area (Å²) in [5, 5.41) is 7.90. The van der Waals surface area contributed by atoms with Crippen molar-refractivity contribution in [1.82, 2.24) is 15.4 Å². The number of fused-ring (bicyclic) bond motifs is 1. The molecule has 1 aromatic heterocycles. The van der Waals surface area contributed by atoms with Gasteiger partial charge in [-0.05, 0) is 31.8 Å². The number of carbonyl (C=O) groups is 1. The van der Waals surface area contributed by atoms with Crippen molar-refractivity contribution in [1.29, 1.82) is 0 Å². The van der Waals surface area contributed by atoms with Gasteiger partial charge >= 0.3 is 0 Å². The molecule has 124 valence electrons. The number of para-hydroxylation sites is 1. The fourth-order valence-electron chi connectivity index (χ4n) is 2.76. The van der Waals surface area contributed by atoms with Crippen molar-refractivity contribution >= 4 is 16.9 Å². The van der Waals surface area contributed by atoms with E-state index < -0.39 is 0 Å². The van der Waals surface area contributed by atoms with Crippen LogP contribution >= 0.6 is 0 Å². The molecule has 0 spiro atoms. The number of likely N-dealkylation sites (N-methyl/N-ethyl adjacent to an activating group) is 1. The van der Waals surface area contributed by atoms with Crippen LogP contribution in [-0.4, -0.2) is 36.6 Å². The molecule has 0 fully saturated rings. The molecular formula is C19H21N3O2. The predicted octanol–water partition coefficient (Wildman–Crippen LogP) is 2.79. The Balaban J connectivity index is 1.64. The predicted molar refractivity (Wildman–Crippen MR) is 93.6 cm³/mol. The number of rotatable bonds is 6. The summed E-state index contributed by atoms with van der Waals surface area (Å²) >= 11 is 0. The van der Waals surface area contributed by atoms with E-state index in [1.165, 1.54) is 5.56 Å². The van der Waals surface area contributed by atoms with Gasteiger partial charge in [0.05, 0.1) is 12.5 Å². The minimum Gasteiger partial charge on any atom is -0.356 e. The highest BCUT2D eigenvalue weighted by Gasteiger charge is 2.16. The lowest BCUT2D eigenvalue weighted by Gasteiger charge is -2.25. The van der Waals surface area contributed by atoms with Crippen LogP contribution in [0, 0.1) is 0 Å². The van der Waals surface area contributed by atoms with Gasteiger partial charge in [-0.2, -0.15) is 0 Å². The van der Waals surface area contributed by atoms with Crippen LogP contribution in [-0.2, 0) is 11.2 Å². The Morgan fingerprint density at radius 1 is 1.12 bits per heavy atom. The van der Waals surface area contributed by atoms with Gasteiger partial charge in [-0.3, -0.25) is 4.79 Å². The summed E-state index contributed by atoms with van der Waals surface area (Å²) in [6.07, 6.45) is 0.214. The zero-order chi connectivity index (χ0) is 16.9. The smallest absolute Gasteiger partial charge is 0.226 e. The fraction of sp³-hybridized carbons (Fsp3) is 0.263. The van der Waals surface area contributed by atoms with E-state index in [2.05, 4.69) is 27.5 Å². The molecule has 3 rings (SSSR count). The van der Waals surface area contributed by atoms with E-state index in [4.69, 9.17) is 4.52 Å². The van der Waals surface area contributed by atoms with Gasteiger partial charge < -0.3 is 14.7 Å². The van der Waals surface area contributed by atoms with Crippen molar-refractivity contribution < 1.29 is 9.32 Å². The van der Waals surface area contributed by atoms with Crippen molar-refractivity contribution in [2.24, 2.45) is 0 Å². The van der Waals surface area contributed by atoms with Crippen LogP contribution in [0.25, 0.3) is 11.0 Å². The van der Waals surface area contributed by atoms with E-state index in [1.54, 1.807) is 0 Å². The van der Waals surface area contributed by atoms with Gasteiger partial charge in [0.25, 0.3) is 0 Å². The first-order valence-corrected chi connectivity index (χ1v) is 7.96. The lowest BCUT2D eigenvalue weighted by Crippen LogP contribution is -2.35. The van der Waals surface area contributed by atoms with Gasteiger partial charge in [0.15, 0.2) is 5.58 Å². The van der Waals surface area contributed by atoms with Crippen molar-refractivity contribution in [2.45, 2.75) is 12.5 Å². The summed E-state index contributed by atoms with van der Waals surface area (Å²) in [5.74, 6) is -0.0585. The van der Waals surface area contributed by atoms with Crippen LogP contribution in [0.4, 0.5) is 0 Å². The summed E-state index contributed by atoms with van der Waals surface area (Å²) in [6.45, 7) is 0.547. The zero-order valence-corrected chi connectivity index (χ0v) is 13.9. The van der Waals surface area contributed by atoms with Crippen molar-refractivity contribution in [3.05, 3.63) is 65.9 Å². The monoisotopic (exact) mass is 323 g/mol. The van der Waals surface area contributed by atoms with Crippen LogP contribution in [0.5, 0.6) is 0 Å². The number of hydrogen-bond donors (Lipinski definition) is 1. The van der Waals surface area contributed by atoms with Gasteiger partial charge in [-0.1, -0.05) is 47.6 Å². The Bertz CT molecular complexity index is 812. The summed E-state index contributed by atoms with van der Waals surface area (Å²) < 4.78 is 5.24. The zero-order valence-electron chi connectivity index (χ0n) is 13.9. The number of hydrogen-bond acceptors (Lipinski definition) is 4. The van der Waals surface area contributed by atoms with Crippen LogP contribution in [0.2, 0.25) is 0 Å². The fourth-order valence-corrected chi connectivity index (χ4v) is 2.76. The SMILES string of the molecule is CN(C)C(CNC(=O)Cc1noc2ccccc12)c1ccccc1. The van der Waals surface area contributed by atoms with Gasteiger partial charge in [0.1, 0.15) is 5.69 Å². The van der Waals surface area contributed by atoms with Crippen LogP contribution < -0.4 is 5.32 Å². The summed E-state index contributed by atoms with van der Waals surface area (Å²) in [6, 6.07) is 17.8. The highest BCUT2D eigenvalue weighted by molar-refractivity contribution is 5.86. The van der Waals surface area contributed by atoms with E-state index in [-0.39, 0.29) is 18.4 Å². The Morgan fingerprint density at radius 3 is 2.58 bits per heavy atom. The molecule has 0 aliphatic rings. The Morgan fingerprint density at radius 2 is 1.83 bits per heavy atom. The molecule has 1 N–H and O–H groups in total. The maximum absolute atomic E-state index is 12.3. The highest BCUT2D eigenvalue weighted by atomic mass is 16.5. The van der Waals surface area contributed by atoms with Crippen LogP contribution in [0.15, 0.2) is 59.1 Å². The topological polar surface area (TPSA) is 58.4 Å². The first-order valence-electron chi connectivity index (χ1n) is 7.96. The lowest BCUT2D eigenvalue weighted by molar-refractivity contribution is -0.120. The first kappa shape index (κ1) is 16.2.